The van der Waals surface area contributed by atoms with Crippen LogP contribution >= 0.6 is 15.9 Å². The Bertz CT molecular complexity index is 723. The molecule has 0 fully saturated rings. The quantitative estimate of drug-likeness (QED) is 0.628. The van der Waals surface area contributed by atoms with Gasteiger partial charge in [0.2, 0.25) is 0 Å². The SMILES string of the molecule is CCOC(=O)/C=C/c1ccc(NC(=O)c2ccccc2Br)cc1. The summed E-state index contributed by atoms with van der Waals surface area (Å²) < 4.78 is 5.56. The summed E-state index contributed by atoms with van der Waals surface area (Å²) in [5, 5.41) is 2.83. The minimum absolute atomic E-state index is 0.188. The molecule has 118 valence electrons. The number of benzene rings is 2. The van der Waals surface area contributed by atoms with Crippen LogP contribution < -0.4 is 5.32 Å². The Kier molecular flexibility index (Phi) is 6.11. The fraction of sp³-hybridized carbons (Fsp3) is 0.111. The van der Waals surface area contributed by atoms with Crippen LogP contribution in [0, 0.1) is 0 Å². The number of nitrogens with one attached hydrogen (secondary N) is 1. The van der Waals surface area contributed by atoms with Crippen molar-refractivity contribution in [2.75, 3.05) is 11.9 Å². The Hall–Kier alpha value is -2.40. The second-order valence-corrected chi connectivity index (χ2v) is 5.50. The summed E-state index contributed by atoms with van der Waals surface area (Å²) in [6, 6.07) is 14.4. The van der Waals surface area contributed by atoms with Gasteiger partial charge in [-0.15, -0.1) is 0 Å². The van der Waals surface area contributed by atoms with E-state index >= 15 is 0 Å². The molecule has 2 aromatic rings. The normalized spacial score (nSPS) is 10.5. The molecule has 5 heteroatoms. The molecule has 23 heavy (non-hydrogen) atoms. The molecule has 0 heterocycles. The first-order valence-corrected chi connectivity index (χ1v) is 7.90. The number of anilines is 1. The Morgan fingerprint density at radius 1 is 1.13 bits per heavy atom. The summed E-state index contributed by atoms with van der Waals surface area (Å²) in [5.74, 6) is -0.564. The standard InChI is InChI=1S/C18H16BrNO3/c1-2-23-17(21)12-9-13-7-10-14(11-8-13)20-18(22)15-5-3-4-6-16(15)19/h3-12H,2H2,1H3,(H,20,22)/b12-9+. The maximum Gasteiger partial charge on any atom is 0.330 e. The molecule has 0 spiro atoms. The zero-order chi connectivity index (χ0) is 16.7. The summed E-state index contributed by atoms with van der Waals surface area (Å²) in [5.41, 5.74) is 2.09. The highest BCUT2D eigenvalue weighted by Gasteiger charge is 2.09. The number of hydrogen-bond donors (Lipinski definition) is 1. The average molecular weight is 374 g/mol. The second kappa shape index (κ2) is 8.29. The van der Waals surface area contributed by atoms with E-state index in [2.05, 4.69) is 21.2 Å². The number of esters is 1. The highest BCUT2D eigenvalue weighted by molar-refractivity contribution is 9.10. The molecule has 0 aliphatic carbocycles. The smallest absolute Gasteiger partial charge is 0.330 e. The van der Waals surface area contributed by atoms with Gasteiger partial charge in [0, 0.05) is 16.2 Å². The molecule has 1 amide bonds. The molecule has 0 aliphatic rings. The number of rotatable bonds is 5. The van der Waals surface area contributed by atoms with Crippen molar-refractivity contribution in [1.82, 2.24) is 0 Å². The lowest BCUT2D eigenvalue weighted by Crippen LogP contribution is -2.12. The Labute approximate surface area is 143 Å². The van der Waals surface area contributed by atoms with Crippen LogP contribution in [-0.2, 0) is 9.53 Å². The first kappa shape index (κ1) is 17.0. The third-order valence-electron chi connectivity index (χ3n) is 2.99. The molecule has 0 saturated carbocycles. The molecule has 4 nitrogen and oxygen atoms in total. The van der Waals surface area contributed by atoms with Gasteiger partial charge in [-0.2, -0.15) is 0 Å². The van der Waals surface area contributed by atoms with E-state index < -0.39 is 0 Å². The molecule has 0 aliphatic heterocycles. The fourth-order valence-corrected chi connectivity index (χ4v) is 2.34. The molecule has 1 N–H and O–H groups in total. The van der Waals surface area contributed by atoms with Crippen LogP contribution in [0.15, 0.2) is 59.1 Å². The molecule has 2 rings (SSSR count). The minimum atomic E-state index is -0.376. The van der Waals surface area contributed by atoms with Gasteiger partial charge in [-0.25, -0.2) is 4.79 Å². The third kappa shape index (κ3) is 5.07. The van der Waals surface area contributed by atoms with Gasteiger partial charge in [0.25, 0.3) is 5.91 Å². The Morgan fingerprint density at radius 2 is 1.83 bits per heavy atom. The van der Waals surface area contributed by atoms with Gasteiger partial charge in [0.05, 0.1) is 12.2 Å². The van der Waals surface area contributed by atoms with Gasteiger partial charge >= 0.3 is 5.97 Å². The molecule has 0 aromatic heterocycles. The highest BCUT2D eigenvalue weighted by atomic mass is 79.9. The van der Waals surface area contributed by atoms with Crippen molar-refractivity contribution in [2.24, 2.45) is 0 Å². The van der Waals surface area contributed by atoms with E-state index in [-0.39, 0.29) is 11.9 Å². The van der Waals surface area contributed by atoms with Gasteiger partial charge in [0.1, 0.15) is 0 Å². The topological polar surface area (TPSA) is 55.4 Å². The second-order valence-electron chi connectivity index (χ2n) is 4.64. The molecule has 0 unspecified atom stereocenters. The third-order valence-corrected chi connectivity index (χ3v) is 3.68. The van der Waals surface area contributed by atoms with Crippen molar-refractivity contribution < 1.29 is 14.3 Å². The fourth-order valence-electron chi connectivity index (χ4n) is 1.88. The number of carbonyl (C=O) groups is 2. The Balaban J connectivity index is 2.01. The van der Waals surface area contributed by atoms with Crippen molar-refractivity contribution in [3.8, 4) is 0 Å². The zero-order valence-corrected chi connectivity index (χ0v) is 14.2. The van der Waals surface area contributed by atoms with Crippen LogP contribution in [0.1, 0.15) is 22.8 Å². The minimum Gasteiger partial charge on any atom is -0.463 e. The first-order chi connectivity index (χ1) is 11.1. The van der Waals surface area contributed by atoms with Gasteiger partial charge in [-0.3, -0.25) is 4.79 Å². The Morgan fingerprint density at radius 3 is 2.48 bits per heavy atom. The highest BCUT2D eigenvalue weighted by Crippen LogP contribution is 2.18. The molecular weight excluding hydrogens is 358 g/mol. The van der Waals surface area contributed by atoms with Gasteiger partial charge in [-0.05, 0) is 58.8 Å². The van der Waals surface area contributed by atoms with Crippen LogP contribution in [0.3, 0.4) is 0 Å². The summed E-state index contributed by atoms with van der Waals surface area (Å²) in [4.78, 5) is 23.4. The summed E-state index contributed by atoms with van der Waals surface area (Å²) >= 11 is 3.35. The number of ether oxygens (including phenoxy) is 1. The van der Waals surface area contributed by atoms with Crippen molar-refractivity contribution >= 4 is 39.6 Å². The lowest BCUT2D eigenvalue weighted by molar-refractivity contribution is -0.137. The molecule has 0 saturated heterocycles. The number of hydrogen-bond acceptors (Lipinski definition) is 3. The maximum atomic E-state index is 12.2. The van der Waals surface area contributed by atoms with E-state index in [0.717, 1.165) is 10.0 Å². The lowest BCUT2D eigenvalue weighted by Gasteiger charge is -2.07. The van der Waals surface area contributed by atoms with Crippen LogP contribution in [0.4, 0.5) is 5.69 Å². The molecule has 0 radical (unpaired) electrons. The first-order valence-electron chi connectivity index (χ1n) is 7.11. The number of amides is 1. The average Bonchev–Trinajstić information content (AvgIpc) is 2.55. The molecule has 0 bridgehead atoms. The van der Waals surface area contributed by atoms with Crippen LogP contribution in [-0.4, -0.2) is 18.5 Å². The van der Waals surface area contributed by atoms with E-state index in [4.69, 9.17) is 4.74 Å². The van der Waals surface area contributed by atoms with E-state index in [9.17, 15) is 9.59 Å². The summed E-state index contributed by atoms with van der Waals surface area (Å²) in [6.07, 6.45) is 3.04. The van der Waals surface area contributed by atoms with Crippen molar-refractivity contribution in [1.29, 1.82) is 0 Å². The molecule has 2 aromatic carbocycles. The van der Waals surface area contributed by atoms with E-state index in [0.29, 0.717) is 17.9 Å². The van der Waals surface area contributed by atoms with Crippen LogP contribution in [0.25, 0.3) is 6.08 Å². The summed E-state index contributed by atoms with van der Waals surface area (Å²) in [6.45, 7) is 2.11. The van der Waals surface area contributed by atoms with Gasteiger partial charge < -0.3 is 10.1 Å². The van der Waals surface area contributed by atoms with E-state index in [1.165, 1.54) is 6.08 Å². The number of halogens is 1. The van der Waals surface area contributed by atoms with Gasteiger partial charge in [-0.1, -0.05) is 24.3 Å². The lowest BCUT2D eigenvalue weighted by atomic mass is 10.1. The van der Waals surface area contributed by atoms with E-state index in [1.54, 1.807) is 31.2 Å². The predicted octanol–water partition coefficient (Wildman–Crippen LogP) is 4.28. The van der Waals surface area contributed by atoms with Crippen LogP contribution in [0.2, 0.25) is 0 Å². The van der Waals surface area contributed by atoms with Crippen molar-refractivity contribution in [3.63, 3.8) is 0 Å². The summed E-state index contributed by atoms with van der Waals surface area (Å²) in [7, 11) is 0. The largest absolute Gasteiger partial charge is 0.463 e. The maximum absolute atomic E-state index is 12.2. The van der Waals surface area contributed by atoms with E-state index in [1.807, 2.05) is 30.3 Å². The zero-order valence-electron chi connectivity index (χ0n) is 12.6. The molecule has 0 atom stereocenters. The monoisotopic (exact) mass is 373 g/mol. The van der Waals surface area contributed by atoms with Crippen molar-refractivity contribution in [2.45, 2.75) is 6.92 Å². The van der Waals surface area contributed by atoms with Crippen LogP contribution in [0.5, 0.6) is 0 Å². The number of carbonyl (C=O) groups excluding carboxylic acids is 2. The predicted molar refractivity (Wildman–Crippen MR) is 94.2 cm³/mol. The molecular formula is C18H16BrNO3. The van der Waals surface area contributed by atoms with Gasteiger partial charge in [0.15, 0.2) is 0 Å². The van der Waals surface area contributed by atoms with Crippen molar-refractivity contribution in [3.05, 3.63) is 70.2 Å².